The Labute approximate surface area is 138 Å². The van der Waals surface area contributed by atoms with E-state index in [-0.39, 0.29) is 5.41 Å². The van der Waals surface area contributed by atoms with E-state index in [2.05, 4.69) is 15.0 Å². The van der Waals surface area contributed by atoms with Gasteiger partial charge in [0.15, 0.2) is 0 Å². The molecule has 6 nitrogen and oxygen atoms in total. The predicted molar refractivity (Wildman–Crippen MR) is 87.4 cm³/mol. The minimum absolute atomic E-state index is 0.253. The Morgan fingerprint density at radius 3 is 2.78 bits per heavy atom. The van der Waals surface area contributed by atoms with Gasteiger partial charge in [-0.05, 0) is 26.8 Å². The average molecular weight is 323 g/mol. The van der Waals surface area contributed by atoms with E-state index < -0.39 is 0 Å². The molecular weight excluding hydrogens is 294 g/mol. The van der Waals surface area contributed by atoms with Crippen LogP contribution in [0.25, 0.3) is 0 Å². The highest BCUT2D eigenvalue weighted by atomic mass is 16.5. The van der Waals surface area contributed by atoms with Crippen LogP contribution >= 0.6 is 0 Å². The summed E-state index contributed by atoms with van der Waals surface area (Å²) in [6, 6.07) is 0. The summed E-state index contributed by atoms with van der Waals surface area (Å²) >= 11 is 0. The topological polar surface area (TPSA) is 51.0 Å². The van der Waals surface area contributed by atoms with Gasteiger partial charge in [0.2, 0.25) is 0 Å². The van der Waals surface area contributed by atoms with Gasteiger partial charge in [0.25, 0.3) is 0 Å². The number of nitrogens with zero attached hydrogens (tertiary/aromatic N) is 3. The fraction of sp³-hybridized carbons (Fsp3) is 0.824. The molecular formula is C17H29N3O3. The first-order chi connectivity index (χ1) is 11.1. The second kappa shape index (κ2) is 7.30. The zero-order valence-corrected chi connectivity index (χ0v) is 14.6. The van der Waals surface area contributed by atoms with Gasteiger partial charge in [-0.1, -0.05) is 5.16 Å². The van der Waals surface area contributed by atoms with Crippen LogP contribution in [0.4, 0.5) is 0 Å². The first-order valence-corrected chi connectivity index (χ1v) is 8.55. The van der Waals surface area contributed by atoms with Crippen molar-refractivity contribution in [1.82, 2.24) is 15.0 Å². The van der Waals surface area contributed by atoms with Crippen LogP contribution in [0.2, 0.25) is 0 Å². The molecule has 0 N–H and O–H groups in total. The number of ether oxygens (including phenoxy) is 2. The van der Waals surface area contributed by atoms with Gasteiger partial charge in [-0.2, -0.15) is 0 Å². The molecule has 1 unspecified atom stereocenters. The molecule has 0 amide bonds. The molecule has 0 aromatic carbocycles. The van der Waals surface area contributed by atoms with Crippen molar-refractivity contribution in [2.45, 2.75) is 26.8 Å². The molecule has 2 fully saturated rings. The largest absolute Gasteiger partial charge is 0.383 e. The van der Waals surface area contributed by atoms with E-state index >= 15 is 0 Å². The van der Waals surface area contributed by atoms with Crippen molar-refractivity contribution in [3.63, 3.8) is 0 Å². The molecule has 3 rings (SSSR count). The van der Waals surface area contributed by atoms with Gasteiger partial charge in [-0.25, -0.2) is 0 Å². The Hall–Kier alpha value is -0.950. The highest BCUT2D eigenvalue weighted by Gasteiger charge is 2.41. The fourth-order valence-electron chi connectivity index (χ4n) is 3.85. The van der Waals surface area contributed by atoms with Gasteiger partial charge in [0.05, 0.1) is 25.5 Å². The van der Waals surface area contributed by atoms with Crippen molar-refractivity contribution in [1.29, 1.82) is 0 Å². The minimum atomic E-state index is 0.253. The van der Waals surface area contributed by atoms with Crippen LogP contribution in [-0.4, -0.2) is 74.6 Å². The lowest BCUT2D eigenvalue weighted by atomic mass is 9.87. The zero-order valence-electron chi connectivity index (χ0n) is 14.6. The summed E-state index contributed by atoms with van der Waals surface area (Å²) in [5, 5.41) is 4.08. The Kier molecular flexibility index (Phi) is 5.36. The first kappa shape index (κ1) is 16.9. The quantitative estimate of drug-likeness (QED) is 0.818. The fourth-order valence-corrected chi connectivity index (χ4v) is 3.85. The molecule has 0 radical (unpaired) electrons. The lowest BCUT2D eigenvalue weighted by molar-refractivity contribution is 0.0682. The average Bonchev–Trinajstić information content (AvgIpc) is 2.99. The van der Waals surface area contributed by atoms with Crippen molar-refractivity contribution in [3.05, 3.63) is 17.0 Å². The van der Waals surface area contributed by atoms with E-state index in [0.29, 0.717) is 0 Å². The van der Waals surface area contributed by atoms with E-state index in [0.717, 1.165) is 70.5 Å². The van der Waals surface area contributed by atoms with Crippen LogP contribution in [0, 0.1) is 19.3 Å². The molecule has 1 spiro atoms. The molecule has 0 aliphatic carbocycles. The van der Waals surface area contributed by atoms with Gasteiger partial charge in [-0.15, -0.1) is 0 Å². The number of likely N-dealkylation sites (tertiary alicyclic amines) is 1. The van der Waals surface area contributed by atoms with Gasteiger partial charge in [0, 0.05) is 50.8 Å². The van der Waals surface area contributed by atoms with Gasteiger partial charge in [0.1, 0.15) is 5.76 Å². The molecule has 0 bridgehead atoms. The number of aromatic nitrogens is 1. The molecule has 6 heteroatoms. The van der Waals surface area contributed by atoms with Crippen molar-refractivity contribution in [3.8, 4) is 0 Å². The lowest BCUT2D eigenvalue weighted by Gasteiger charge is -2.32. The van der Waals surface area contributed by atoms with E-state index in [4.69, 9.17) is 14.0 Å². The summed E-state index contributed by atoms with van der Waals surface area (Å²) in [7, 11) is 1.77. The highest BCUT2D eigenvalue weighted by molar-refractivity contribution is 5.20. The number of methoxy groups -OCH3 is 1. The van der Waals surface area contributed by atoms with E-state index in [9.17, 15) is 0 Å². The van der Waals surface area contributed by atoms with Crippen LogP contribution in [0.1, 0.15) is 23.4 Å². The monoisotopic (exact) mass is 323 g/mol. The first-order valence-electron chi connectivity index (χ1n) is 8.55. The van der Waals surface area contributed by atoms with Crippen molar-refractivity contribution < 1.29 is 14.0 Å². The smallest absolute Gasteiger partial charge is 0.138 e. The molecule has 2 aliphatic heterocycles. The predicted octanol–water partition coefficient (Wildman–Crippen LogP) is 1.46. The summed E-state index contributed by atoms with van der Waals surface area (Å²) in [6.45, 7) is 12.7. The number of hydrogen-bond donors (Lipinski definition) is 0. The maximum Gasteiger partial charge on any atom is 0.138 e. The van der Waals surface area contributed by atoms with Gasteiger partial charge < -0.3 is 18.9 Å². The van der Waals surface area contributed by atoms with Gasteiger partial charge >= 0.3 is 0 Å². The second-order valence-electron chi connectivity index (χ2n) is 7.08. The van der Waals surface area contributed by atoms with E-state index in [1.165, 1.54) is 12.0 Å². The molecule has 130 valence electrons. The molecule has 1 aromatic rings. The third-order valence-corrected chi connectivity index (χ3v) is 5.21. The van der Waals surface area contributed by atoms with Gasteiger partial charge in [-0.3, -0.25) is 4.90 Å². The number of aryl methyl sites for hydroxylation is 2. The molecule has 0 saturated carbocycles. The van der Waals surface area contributed by atoms with Crippen molar-refractivity contribution >= 4 is 0 Å². The van der Waals surface area contributed by atoms with Crippen molar-refractivity contribution in [2.75, 3.05) is 59.7 Å². The minimum Gasteiger partial charge on any atom is -0.383 e. The van der Waals surface area contributed by atoms with Crippen LogP contribution in [0.5, 0.6) is 0 Å². The Balaban J connectivity index is 1.65. The van der Waals surface area contributed by atoms with E-state index in [1.807, 2.05) is 13.8 Å². The van der Waals surface area contributed by atoms with Crippen LogP contribution < -0.4 is 0 Å². The van der Waals surface area contributed by atoms with Crippen LogP contribution in [0.3, 0.4) is 0 Å². The third-order valence-electron chi connectivity index (χ3n) is 5.21. The maximum absolute atomic E-state index is 5.96. The van der Waals surface area contributed by atoms with E-state index in [1.54, 1.807) is 7.11 Å². The number of hydrogen-bond acceptors (Lipinski definition) is 6. The molecule has 23 heavy (non-hydrogen) atoms. The standard InChI is InChI=1S/C17H29N3O3/c1-14-16(15(2)23-18-14)10-20-7-9-22-13-17(12-20)4-5-19(11-17)6-8-21-3/h4-13H2,1-3H3. The number of rotatable bonds is 5. The molecule has 3 heterocycles. The Morgan fingerprint density at radius 1 is 1.22 bits per heavy atom. The zero-order chi connectivity index (χ0) is 16.3. The molecule has 2 saturated heterocycles. The van der Waals surface area contributed by atoms with Crippen LogP contribution in [-0.2, 0) is 16.0 Å². The Bertz CT molecular complexity index is 500. The summed E-state index contributed by atoms with van der Waals surface area (Å²) < 4.78 is 16.5. The highest BCUT2D eigenvalue weighted by Crippen LogP contribution is 2.34. The molecule has 1 atom stereocenters. The summed E-state index contributed by atoms with van der Waals surface area (Å²) in [6.07, 6.45) is 1.20. The molecule has 1 aromatic heterocycles. The lowest BCUT2D eigenvalue weighted by Crippen LogP contribution is -2.41. The summed E-state index contributed by atoms with van der Waals surface area (Å²) in [5.41, 5.74) is 2.49. The summed E-state index contributed by atoms with van der Waals surface area (Å²) in [4.78, 5) is 5.02. The maximum atomic E-state index is 5.96. The Morgan fingerprint density at radius 2 is 2.04 bits per heavy atom. The normalized spacial score (nSPS) is 26.9. The summed E-state index contributed by atoms with van der Waals surface area (Å²) in [5.74, 6) is 0.940. The molecule has 2 aliphatic rings. The van der Waals surface area contributed by atoms with Crippen LogP contribution in [0.15, 0.2) is 4.52 Å². The SMILES string of the molecule is COCCN1CCC2(COCCN(Cc3c(C)noc3C)C2)C1. The van der Waals surface area contributed by atoms with Crippen molar-refractivity contribution in [2.24, 2.45) is 5.41 Å². The second-order valence-corrected chi connectivity index (χ2v) is 7.08. The third kappa shape index (κ3) is 3.94.